The molecule has 28 heavy (non-hydrogen) atoms. The minimum Gasteiger partial charge on any atom is -0.283 e. The Hall–Kier alpha value is -3.11. The van der Waals surface area contributed by atoms with Gasteiger partial charge in [-0.3, -0.25) is 9.36 Å². The van der Waals surface area contributed by atoms with Gasteiger partial charge in [-0.15, -0.1) is 6.58 Å². The molecule has 0 N–H and O–H groups in total. The largest absolute Gasteiger partial charge is 0.283 e. The van der Waals surface area contributed by atoms with Crippen LogP contribution in [0.25, 0.3) is 22.0 Å². The minimum atomic E-state index is -0.0209. The highest BCUT2D eigenvalue weighted by Crippen LogP contribution is 2.25. The Kier molecular flexibility index (Phi) is 5.40. The maximum Gasteiger partial charge on any atom is 0.262 e. The summed E-state index contributed by atoms with van der Waals surface area (Å²) in [5, 5.41) is 1.36. The lowest BCUT2D eigenvalue weighted by Crippen LogP contribution is -2.22. The van der Waals surface area contributed by atoms with Gasteiger partial charge in [-0.2, -0.15) is 0 Å². The molecule has 0 unspecified atom stereocenters. The van der Waals surface area contributed by atoms with Crippen molar-refractivity contribution in [1.82, 2.24) is 9.55 Å². The second-order valence-electron chi connectivity index (χ2n) is 6.47. The van der Waals surface area contributed by atoms with Gasteiger partial charge < -0.3 is 0 Å². The fraction of sp³-hybridized carbons (Fsp3) is 0.0833. The van der Waals surface area contributed by atoms with E-state index in [4.69, 9.17) is 4.98 Å². The molecule has 4 aromatic rings. The number of benzene rings is 3. The zero-order valence-electron chi connectivity index (χ0n) is 15.4. The van der Waals surface area contributed by atoms with E-state index in [9.17, 15) is 4.79 Å². The summed E-state index contributed by atoms with van der Waals surface area (Å²) in [7, 11) is 0. The van der Waals surface area contributed by atoms with Gasteiger partial charge in [0.1, 0.15) is 0 Å². The number of nitrogens with zero attached hydrogens (tertiary/aromatic N) is 2. The Morgan fingerprint density at radius 1 is 0.893 bits per heavy atom. The lowest BCUT2D eigenvalue weighted by molar-refractivity contribution is 0.671. The molecule has 3 aromatic carbocycles. The Labute approximate surface area is 168 Å². The van der Waals surface area contributed by atoms with Crippen LogP contribution in [0.1, 0.15) is 5.56 Å². The SMILES string of the molecule is C=CCn1c(SCc2ccc(-c3ccccc3)cc2)nc2ccccc2c1=O. The molecule has 4 rings (SSSR count). The van der Waals surface area contributed by atoms with E-state index < -0.39 is 0 Å². The molecule has 0 fully saturated rings. The van der Waals surface area contributed by atoms with Crippen molar-refractivity contribution in [1.29, 1.82) is 0 Å². The molecule has 138 valence electrons. The molecule has 0 radical (unpaired) electrons. The summed E-state index contributed by atoms with van der Waals surface area (Å²) >= 11 is 1.57. The Balaban J connectivity index is 1.59. The van der Waals surface area contributed by atoms with Crippen LogP contribution in [0.4, 0.5) is 0 Å². The van der Waals surface area contributed by atoms with E-state index in [0.29, 0.717) is 11.9 Å². The van der Waals surface area contributed by atoms with Crippen LogP contribution in [0, 0.1) is 0 Å². The Morgan fingerprint density at radius 3 is 2.32 bits per heavy atom. The highest BCUT2D eigenvalue weighted by molar-refractivity contribution is 7.98. The maximum atomic E-state index is 12.8. The first-order chi connectivity index (χ1) is 13.8. The van der Waals surface area contributed by atoms with E-state index in [1.54, 1.807) is 22.4 Å². The normalized spacial score (nSPS) is 10.9. The summed E-state index contributed by atoms with van der Waals surface area (Å²) in [6, 6.07) is 26.3. The van der Waals surface area contributed by atoms with E-state index >= 15 is 0 Å². The molecule has 0 amide bonds. The zero-order valence-corrected chi connectivity index (χ0v) is 16.2. The summed E-state index contributed by atoms with van der Waals surface area (Å²) in [6.45, 7) is 4.23. The summed E-state index contributed by atoms with van der Waals surface area (Å²) in [4.78, 5) is 17.5. The quantitative estimate of drug-likeness (QED) is 0.249. The number of hydrogen-bond acceptors (Lipinski definition) is 3. The van der Waals surface area contributed by atoms with Gasteiger partial charge in [0.25, 0.3) is 5.56 Å². The zero-order chi connectivity index (χ0) is 19.3. The van der Waals surface area contributed by atoms with E-state index in [-0.39, 0.29) is 5.56 Å². The third kappa shape index (κ3) is 3.78. The molecule has 0 aliphatic rings. The number of allylic oxidation sites excluding steroid dienone is 1. The van der Waals surface area contributed by atoms with Gasteiger partial charge in [0.15, 0.2) is 5.16 Å². The molecule has 0 saturated heterocycles. The van der Waals surface area contributed by atoms with Crippen LogP contribution in [0.15, 0.2) is 101 Å². The lowest BCUT2D eigenvalue weighted by atomic mass is 10.0. The summed E-state index contributed by atoms with van der Waals surface area (Å²) < 4.78 is 1.69. The van der Waals surface area contributed by atoms with Crippen molar-refractivity contribution in [2.75, 3.05) is 0 Å². The summed E-state index contributed by atoms with van der Waals surface area (Å²) in [5.74, 6) is 0.747. The minimum absolute atomic E-state index is 0.0209. The van der Waals surface area contributed by atoms with Crippen LogP contribution in [0.5, 0.6) is 0 Å². The number of fused-ring (bicyclic) bond motifs is 1. The van der Waals surface area contributed by atoms with Gasteiger partial charge in [0.05, 0.1) is 10.9 Å². The molecular weight excluding hydrogens is 364 g/mol. The van der Waals surface area contributed by atoms with Gasteiger partial charge >= 0.3 is 0 Å². The van der Waals surface area contributed by atoms with Crippen LogP contribution in [0.2, 0.25) is 0 Å². The molecular formula is C24H20N2OS. The van der Waals surface area contributed by atoms with Gasteiger partial charge in [-0.25, -0.2) is 4.98 Å². The van der Waals surface area contributed by atoms with Crippen molar-refractivity contribution < 1.29 is 0 Å². The monoisotopic (exact) mass is 384 g/mol. The van der Waals surface area contributed by atoms with E-state index in [1.807, 2.05) is 42.5 Å². The van der Waals surface area contributed by atoms with E-state index in [1.165, 1.54) is 16.7 Å². The number of rotatable bonds is 6. The Bertz CT molecular complexity index is 1160. The van der Waals surface area contributed by atoms with Gasteiger partial charge in [0, 0.05) is 12.3 Å². The number of thioether (sulfide) groups is 1. The maximum absolute atomic E-state index is 12.8. The van der Waals surface area contributed by atoms with Crippen molar-refractivity contribution >= 4 is 22.7 Å². The molecule has 0 bridgehead atoms. The number of hydrogen-bond donors (Lipinski definition) is 0. The summed E-state index contributed by atoms with van der Waals surface area (Å²) in [6.07, 6.45) is 1.73. The number of aromatic nitrogens is 2. The fourth-order valence-corrected chi connectivity index (χ4v) is 4.08. The molecule has 0 aliphatic heterocycles. The summed E-state index contributed by atoms with van der Waals surface area (Å²) in [5.41, 5.74) is 4.30. The second-order valence-corrected chi connectivity index (χ2v) is 7.41. The first kappa shape index (κ1) is 18.3. The van der Waals surface area contributed by atoms with E-state index in [2.05, 4.69) is 43.0 Å². The molecule has 3 nitrogen and oxygen atoms in total. The predicted molar refractivity (Wildman–Crippen MR) is 118 cm³/mol. The predicted octanol–water partition coefficient (Wildman–Crippen LogP) is 5.54. The van der Waals surface area contributed by atoms with Crippen LogP contribution in [-0.2, 0) is 12.3 Å². The molecule has 1 aromatic heterocycles. The fourth-order valence-electron chi connectivity index (χ4n) is 3.12. The molecule has 0 aliphatic carbocycles. The van der Waals surface area contributed by atoms with Crippen molar-refractivity contribution in [3.63, 3.8) is 0 Å². The average Bonchev–Trinajstić information content (AvgIpc) is 2.75. The third-order valence-corrected chi connectivity index (χ3v) is 5.61. The van der Waals surface area contributed by atoms with Crippen molar-refractivity contribution in [3.8, 4) is 11.1 Å². The molecule has 0 spiro atoms. The van der Waals surface area contributed by atoms with Crippen molar-refractivity contribution in [2.45, 2.75) is 17.5 Å². The topological polar surface area (TPSA) is 34.9 Å². The van der Waals surface area contributed by atoms with Crippen LogP contribution in [0.3, 0.4) is 0 Å². The highest BCUT2D eigenvalue weighted by Gasteiger charge is 2.10. The second kappa shape index (κ2) is 8.28. The Morgan fingerprint density at radius 2 is 1.57 bits per heavy atom. The first-order valence-electron chi connectivity index (χ1n) is 9.14. The first-order valence-corrected chi connectivity index (χ1v) is 10.1. The molecule has 1 heterocycles. The van der Waals surface area contributed by atoms with E-state index in [0.717, 1.165) is 16.4 Å². The van der Waals surface area contributed by atoms with Crippen LogP contribution in [-0.4, -0.2) is 9.55 Å². The van der Waals surface area contributed by atoms with Crippen LogP contribution < -0.4 is 5.56 Å². The smallest absolute Gasteiger partial charge is 0.262 e. The highest BCUT2D eigenvalue weighted by atomic mass is 32.2. The van der Waals surface area contributed by atoms with Crippen molar-refractivity contribution in [2.24, 2.45) is 0 Å². The van der Waals surface area contributed by atoms with Gasteiger partial charge in [-0.05, 0) is 28.8 Å². The van der Waals surface area contributed by atoms with Crippen LogP contribution >= 0.6 is 11.8 Å². The molecule has 0 atom stereocenters. The van der Waals surface area contributed by atoms with Gasteiger partial charge in [-0.1, -0.05) is 84.6 Å². The number of para-hydroxylation sites is 1. The third-order valence-electron chi connectivity index (χ3n) is 4.57. The average molecular weight is 385 g/mol. The standard InChI is InChI=1S/C24H20N2OS/c1-2-16-26-23(27)21-10-6-7-11-22(21)25-24(26)28-17-18-12-14-20(15-13-18)19-8-4-3-5-9-19/h2-15H,1,16-17H2. The molecule has 4 heteroatoms. The molecule has 0 saturated carbocycles. The van der Waals surface area contributed by atoms with Gasteiger partial charge in [0.2, 0.25) is 0 Å². The van der Waals surface area contributed by atoms with Crippen molar-refractivity contribution in [3.05, 3.63) is 107 Å². The lowest BCUT2D eigenvalue weighted by Gasteiger charge is -2.11.